The standard InChI is InChI=1S/C18H18N2O4/c1-2-14(19-18(22)13-8-4-3-5-9-13)12-17(21)15-10-6-7-11-16(15)20(23)24/h3-11,14H,2,12H2,1H3,(H,19,22). The monoisotopic (exact) mass is 326 g/mol. The van der Waals surface area contributed by atoms with Crippen molar-refractivity contribution >= 4 is 17.4 Å². The van der Waals surface area contributed by atoms with E-state index in [4.69, 9.17) is 0 Å². The Morgan fingerprint density at radius 1 is 1.08 bits per heavy atom. The van der Waals surface area contributed by atoms with Crippen LogP contribution in [0.5, 0.6) is 0 Å². The minimum atomic E-state index is -0.573. The number of hydrogen-bond donors (Lipinski definition) is 1. The van der Waals surface area contributed by atoms with Crippen LogP contribution < -0.4 is 5.32 Å². The van der Waals surface area contributed by atoms with E-state index in [0.29, 0.717) is 12.0 Å². The lowest BCUT2D eigenvalue weighted by atomic mass is 10.0. The summed E-state index contributed by atoms with van der Waals surface area (Å²) in [6.07, 6.45) is 0.560. The molecule has 0 aliphatic carbocycles. The number of rotatable bonds is 7. The highest BCUT2D eigenvalue weighted by Gasteiger charge is 2.22. The van der Waals surface area contributed by atoms with E-state index in [9.17, 15) is 19.7 Å². The number of nitrogens with zero attached hydrogens (tertiary/aromatic N) is 1. The second-order valence-corrected chi connectivity index (χ2v) is 5.35. The van der Waals surface area contributed by atoms with Gasteiger partial charge in [0.15, 0.2) is 5.78 Å². The fraction of sp³-hybridized carbons (Fsp3) is 0.222. The van der Waals surface area contributed by atoms with Gasteiger partial charge in [0, 0.05) is 24.1 Å². The normalized spacial score (nSPS) is 11.5. The molecule has 0 aliphatic rings. The molecule has 1 unspecified atom stereocenters. The molecule has 0 spiro atoms. The van der Waals surface area contributed by atoms with Crippen molar-refractivity contribution in [3.8, 4) is 0 Å². The van der Waals surface area contributed by atoms with E-state index < -0.39 is 4.92 Å². The number of nitro benzene ring substituents is 1. The molecule has 2 rings (SSSR count). The summed E-state index contributed by atoms with van der Waals surface area (Å²) in [6.45, 7) is 1.85. The van der Waals surface area contributed by atoms with Crippen LogP contribution in [0.4, 0.5) is 5.69 Å². The second kappa shape index (κ2) is 8.01. The third-order valence-electron chi connectivity index (χ3n) is 3.70. The smallest absolute Gasteiger partial charge is 0.280 e. The number of benzene rings is 2. The Labute approximate surface area is 139 Å². The Hall–Kier alpha value is -3.02. The summed E-state index contributed by atoms with van der Waals surface area (Å²) in [6, 6.07) is 14.2. The van der Waals surface area contributed by atoms with Gasteiger partial charge in [0.25, 0.3) is 11.6 Å². The van der Waals surface area contributed by atoms with Crippen LogP contribution in [-0.2, 0) is 0 Å². The van der Waals surface area contributed by atoms with Crippen LogP contribution >= 0.6 is 0 Å². The largest absolute Gasteiger partial charge is 0.349 e. The van der Waals surface area contributed by atoms with Gasteiger partial charge in [0.05, 0.1) is 10.5 Å². The summed E-state index contributed by atoms with van der Waals surface area (Å²) in [5.41, 5.74) is 0.357. The predicted molar refractivity (Wildman–Crippen MR) is 90.0 cm³/mol. The van der Waals surface area contributed by atoms with Crippen LogP contribution in [0, 0.1) is 10.1 Å². The van der Waals surface area contributed by atoms with Crippen LogP contribution in [0.1, 0.15) is 40.5 Å². The molecular weight excluding hydrogens is 308 g/mol. The van der Waals surface area contributed by atoms with Gasteiger partial charge in [-0.25, -0.2) is 0 Å². The predicted octanol–water partition coefficient (Wildman–Crippen LogP) is 3.38. The molecule has 6 heteroatoms. The fourth-order valence-corrected chi connectivity index (χ4v) is 2.36. The van der Waals surface area contributed by atoms with Crippen molar-refractivity contribution in [1.82, 2.24) is 5.32 Å². The van der Waals surface area contributed by atoms with Crippen molar-refractivity contribution in [2.75, 3.05) is 0 Å². The highest BCUT2D eigenvalue weighted by molar-refractivity contribution is 6.00. The molecule has 0 radical (unpaired) electrons. The molecule has 0 saturated carbocycles. The zero-order chi connectivity index (χ0) is 17.5. The molecule has 2 aromatic rings. The molecule has 6 nitrogen and oxygen atoms in total. The first kappa shape index (κ1) is 17.3. The van der Waals surface area contributed by atoms with Gasteiger partial charge in [0.1, 0.15) is 0 Å². The Bertz CT molecular complexity index is 744. The zero-order valence-electron chi connectivity index (χ0n) is 13.3. The van der Waals surface area contributed by atoms with Gasteiger partial charge in [-0.2, -0.15) is 0 Å². The van der Waals surface area contributed by atoms with E-state index in [2.05, 4.69) is 5.32 Å². The number of hydrogen-bond acceptors (Lipinski definition) is 4. The van der Waals surface area contributed by atoms with Crippen molar-refractivity contribution in [2.24, 2.45) is 0 Å². The maximum atomic E-state index is 12.4. The van der Waals surface area contributed by atoms with E-state index in [0.717, 1.165) is 0 Å². The van der Waals surface area contributed by atoms with Gasteiger partial charge in [0.2, 0.25) is 0 Å². The average molecular weight is 326 g/mol. The first-order valence-electron chi connectivity index (χ1n) is 7.65. The van der Waals surface area contributed by atoms with Crippen LogP contribution in [0.15, 0.2) is 54.6 Å². The van der Waals surface area contributed by atoms with Gasteiger partial charge < -0.3 is 5.32 Å². The molecule has 0 bridgehead atoms. The summed E-state index contributed by atoms with van der Waals surface area (Å²) in [4.78, 5) is 35.0. The van der Waals surface area contributed by atoms with Crippen molar-refractivity contribution in [1.29, 1.82) is 0 Å². The molecule has 1 amide bonds. The van der Waals surface area contributed by atoms with E-state index in [1.807, 2.05) is 13.0 Å². The summed E-state index contributed by atoms with van der Waals surface area (Å²) >= 11 is 0. The maximum Gasteiger partial charge on any atom is 0.280 e. The lowest BCUT2D eigenvalue weighted by molar-refractivity contribution is -0.385. The quantitative estimate of drug-likeness (QED) is 0.480. The van der Waals surface area contributed by atoms with Crippen molar-refractivity contribution < 1.29 is 14.5 Å². The first-order valence-corrected chi connectivity index (χ1v) is 7.65. The summed E-state index contributed by atoms with van der Waals surface area (Å²) in [5.74, 6) is -0.625. The van der Waals surface area contributed by atoms with Crippen molar-refractivity contribution in [3.63, 3.8) is 0 Å². The first-order chi connectivity index (χ1) is 11.5. The van der Waals surface area contributed by atoms with Crippen LogP contribution in [-0.4, -0.2) is 22.7 Å². The highest BCUT2D eigenvalue weighted by atomic mass is 16.6. The molecule has 0 aromatic heterocycles. The molecule has 0 saturated heterocycles. The number of Topliss-reactive ketones (excluding diaryl/α,β-unsaturated/α-hetero) is 1. The topological polar surface area (TPSA) is 89.3 Å². The number of nitrogens with one attached hydrogen (secondary N) is 1. The number of nitro groups is 1. The fourth-order valence-electron chi connectivity index (χ4n) is 2.36. The molecule has 24 heavy (non-hydrogen) atoms. The van der Waals surface area contributed by atoms with E-state index in [1.165, 1.54) is 18.2 Å². The Morgan fingerprint density at radius 2 is 1.71 bits per heavy atom. The molecule has 1 N–H and O–H groups in total. The Kier molecular flexibility index (Phi) is 5.78. The molecule has 0 heterocycles. The number of para-hydroxylation sites is 1. The molecule has 0 fully saturated rings. The molecule has 1 atom stereocenters. The van der Waals surface area contributed by atoms with Crippen molar-refractivity contribution in [2.45, 2.75) is 25.8 Å². The number of carbonyl (C=O) groups excluding carboxylic acids is 2. The van der Waals surface area contributed by atoms with Crippen LogP contribution in [0.2, 0.25) is 0 Å². The zero-order valence-corrected chi connectivity index (χ0v) is 13.3. The number of carbonyl (C=O) groups is 2. The summed E-state index contributed by atoms with van der Waals surface area (Å²) < 4.78 is 0. The van der Waals surface area contributed by atoms with Crippen molar-refractivity contribution in [3.05, 3.63) is 75.8 Å². The molecule has 124 valence electrons. The molecule has 2 aromatic carbocycles. The Balaban J connectivity index is 2.09. The highest BCUT2D eigenvalue weighted by Crippen LogP contribution is 2.20. The van der Waals surface area contributed by atoms with E-state index in [1.54, 1.807) is 30.3 Å². The SMILES string of the molecule is CCC(CC(=O)c1ccccc1[N+](=O)[O-])NC(=O)c1ccccc1. The maximum absolute atomic E-state index is 12.4. The minimum absolute atomic E-state index is 0.0138. The van der Waals surface area contributed by atoms with Gasteiger partial charge in [-0.3, -0.25) is 19.7 Å². The molecular formula is C18H18N2O4. The third-order valence-corrected chi connectivity index (χ3v) is 3.70. The van der Waals surface area contributed by atoms with Gasteiger partial charge in [-0.1, -0.05) is 37.3 Å². The third kappa shape index (κ3) is 4.25. The van der Waals surface area contributed by atoms with Gasteiger partial charge >= 0.3 is 0 Å². The van der Waals surface area contributed by atoms with Crippen LogP contribution in [0.25, 0.3) is 0 Å². The van der Waals surface area contributed by atoms with Gasteiger partial charge in [-0.15, -0.1) is 0 Å². The molecule has 0 aliphatic heterocycles. The minimum Gasteiger partial charge on any atom is -0.349 e. The summed E-state index contributed by atoms with van der Waals surface area (Å²) in [7, 11) is 0. The number of amides is 1. The average Bonchev–Trinajstić information content (AvgIpc) is 2.61. The van der Waals surface area contributed by atoms with E-state index in [-0.39, 0.29) is 35.4 Å². The lowest BCUT2D eigenvalue weighted by Crippen LogP contribution is -2.36. The number of ketones is 1. The van der Waals surface area contributed by atoms with E-state index >= 15 is 0 Å². The van der Waals surface area contributed by atoms with Gasteiger partial charge in [-0.05, 0) is 24.6 Å². The van der Waals surface area contributed by atoms with Crippen LogP contribution in [0.3, 0.4) is 0 Å². The second-order valence-electron chi connectivity index (χ2n) is 5.35. The Morgan fingerprint density at radius 3 is 2.33 bits per heavy atom. The lowest BCUT2D eigenvalue weighted by Gasteiger charge is -2.16. The summed E-state index contributed by atoms with van der Waals surface area (Å²) in [5, 5.41) is 13.8.